The van der Waals surface area contributed by atoms with Crippen molar-refractivity contribution in [2.24, 2.45) is 32.4 Å². The highest BCUT2D eigenvalue weighted by Gasteiger charge is 2.71. The number of phenolic OH excluding ortho intramolecular Hbond substituents is 1. The number of fused-ring (bicyclic) bond motifs is 12. The van der Waals surface area contributed by atoms with Crippen LogP contribution in [0.25, 0.3) is 0 Å². The zero-order chi connectivity index (χ0) is 86.3. The van der Waals surface area contributed by atoms with Crippen LogP contribution < -0.4 is 35.9 Å². The number of carbonyl (C=O) groups is 6. The van der Waals surface area contributed by atoms with Gasteiger partial charge in [-0.25, -0.2) is 19.5 Å². The van der Waals surface area contributed by atoms with Crippen molar-refractivity contribution in [1.29, 1.82) is 0 Å². The number of amides is 8. The summed E-state index contributed by atoms with van der Waals surface area (Å²) in [6.45, 7) is 9.01. The highest BCUT2D eigenvalue weighted by molar-refractivity contribution is 9.09. The van der Waals surface area contributed by atoms with Crippen LogP contribution in [0.1, 0.15) is 198 Å². The molecule has 8 aliphatic carbocycles. The number of nitrogens with zero attached hydrogens (tertiary/aromatic N) is 5. The van der Waals surface area contributed by atoms with Crippen LogP contribution in [-0.2, 0) is 110 Å². The summed E-state index contributed by atoms with van der Waals surface area (Å²) in [5.74, 6) is 2.21. The first-order chi connectivity index (χ1) is 56.8. The van der Waals surface area contributed by atoms with Crippen molar-refractivity contribution in [3.05, 3.63) is 117 Å². The highest BCUT2D eigenvalue weighted by atomic mass is 79.9. The number of aromatic hydroxyl groups is 1. The van der Waals surface area contributed by atoms with Crippen molar-refractivity contribution < 1.29 is 96.1 Å². The zero-order valence-electron chi connectivity index (χ0n) is 71.9. The second kappa shape index (κ2) is 42.3. The molecule has 29 nitrogen and oxygen atoms in total. The average Bonchev–Trinajstić information content (AvgIpc) is 1.55. The molecule has 4 heterocycles. The summed E-state index contributed by atoms with van der Waals surface area (Å²) in [6.07, 6.45) is 18.3. The zero-order valence-corrected chi connectivity index (χ0v) is 74.3. The Kier molecular flexibility index (Phi) is 35.2. The van der Waals surface area contributed by atoms with Crippen molar-refractivity contribution >= 4 is 74.9 Å². The molecule has 4 aromatic carbocycles. The second-order valence-electron chi connectivity index (χ2n) is 34.5. The van der Waals surface area contributed by atoms with E-state index in [1.165, 1.54) is 27.3 Å². The molecule has 123 heavy (non-hydrogen) atoms. The SMILES string of the molecule is C.C.C.C.CC(C)(C)OO.COC1CCC2(CC1)Cc1ccc(O)cc1C21NC(=O)N(C)C1=O.COCCBr.COCCOc1ccc2c(c1)C1(N=C(N)N(C)C1=O)C1(CCC(OC)CC1)C2.COCCOc1ccc2c(c1)C1(NC(=O)N(C)C1=O)C1(CCC(OC)CC1)C2.COCCOc1ccc2c(c1)C1(NC(=S)N(C)C1=O)C1(CCC(OC)CC1)C2. The Morgan fingerprint density at radius 2 is 0.740 bits per heavy atom. The van der Waals surface area contributed by atoms with Gasteiger partial charge in [0.1, 0.15) is 42.8 Å². The number of halogens is 1. The Balaban J connectivity index is 0.000000214. The quantitative estimate of drug-likeness (QED) is 0.0135. The van der Waals surface area contributed by atoms with Crippen molar-refractivity contribution in [2.45, 2.75) is 231 Å². The van der Waals surface area contributed by atoms with Gasteiger partial charge in [0, 0.05) is 112 Å². The third-order valence-corrected chi connectivity index (χ3v) is 27.9. The number of alkyl halides is 1. The molecule has 7 N–H and O–H groups in total. The number of imide groups is 2. The fourth-order valence-electron chi connectivity index (χ4n) is 20.9. The molecule has 4 aliphatic heterocycles. The first-order valence-corrected chi connectivity index (χ1v) is 42.9. The summed E-state index contributed by atoms with van der Waals surface area (Å²) in [5.41, 5.74) is 8.84. The number of benzene rings is 4. The van der Waals surface area contributed by atoms with Crippen LogP contribution >= 0.6 is 28.1 Å². The van der Waals surface area contributed by atoms with Gasteiger partial charge in [0.15, 0.2) is 33.2 Å². The molecule has 8 spiro atoms. The molecule has 686 valence electrons. The van der Waals surface area contributed by atoms with Crippen LogP contribution in [0, 0.1) is 21.7 Å². The summed E-state index contributed by atoms with van der Waals surface area (Å²) in [6, 6.07) is 22.5. The molecule has 0 aromatic heterocycles. The van der Waals surface area contributed by atoms with Gasteiger partial charge in [-0.1, -0.05) is 69.9 Å². The number of rotatable bonds is 18. The Hall–Kier alpha value is -7.66. The first-order valence-electron chi connectivity index (χ1n) is 41.3. The largest absolute Gasteiger partial charge is 0.508 e. The third-order valence-electron chi connectivity index (χ3n) is 27.2. The third kappa shape index (κ3) is 18.9. The lowest BCUT2D eigenvalue weighted by atomic mass is 9.61. The Morgan fingerprint density at radius 3 is 1.02 bits per heavy atom. The number of guanidine groups is 1. The second-order valence-corrected chi connectivity index (χ2v) is 35.6. The standard InChI is InChI=1S/C21H29N3O4.C21H28N2O5.C21H28N2O4S.C18H22N2O4.C4H10O2.C3H7BrO.4CH4/c1-24-18(25)21(23-19(24)22)17-12-16(28-11-10-26-2)5-4-14(17)13-20(21)8-6-15(27-3)7-9-20;1-23-18(24)21(22-19(23)25)17-12-16(28-11-10-26-2)5-4-14(17)13-20(21)8-6-15(27-3)7-9-20;1-23-18(24)21(22-19(23)28)17-12-16(27-11-10-25-2)5-4-14(17)13-20(21)8-6-15(26-3)7-9-20;1-20-15(22)18(19-16(20)23)14-9-12(21)4-3-11(14)10-17(18)7-5-13(24-2)6-8-17;1-4(2,3)6-5;1-5-3-2-4;;;;/h4-5,12,15H,6-11,13H2,1-3H3,(H2,22,23);4-5,12,15H,6-11,13H2,1-3H3,(H,22,25);4-5,12,15H,6-11,13H2,1-3H3,(H,22,28);3-4,9,13,21H,5-8,10H2,1-2H3,(H,19,23);5H,1-3H3;2-3H2,1H3;4*1H4. The van der Waals surface area contributed by atoms with Gasteiger partial charge in [0.2, 0.25) is 0 Å². The number of aliphatic imine (C=N–C) groups is 1. The van der Waals surface area contributed by atoms with Crippen LogP contribution in [0.15, 0.2) is 77.8 Å². The molecule has 4 unspecified atom stereocenters. The average molecular weight is 1800 g/mol. The minimum atomic E-state index is -1.06. The molecular weight excluding hydrogens is 1660 g/mol. The van der Waals surface area contributed by atoms with Gasteiger partial charge < -0.3 is 78.9 Å². The van der Waals surface area contributed by atoms with Gasteiger partial charge in [-0.05, 0) is 254 Å². The van der Waals surface area contributed by atoms with Gasteiger partial charge in [-0.15, -0.1) is 0 Å². The van der Waals surface area contributed by atoms with Crippen LogP contribution in [0.4, 0.5) is 9.59 Å². The molecule has 7 fully saturated rings. The molecule has 16 rings (SSSR count). The topological polar surface area (TPSA) is 341 Å². The smallest absolute Gasteiger partial charge is 0.325 e. The van der Waals surface area contributed by atoms with E-state index in [0.717, 1.165) is 191 Å². The maximum atomic E-state index is 13.6. The lowest BCUT2D eigenvalue weighted by Gasteiger charge is -2.46. The van der Waals surface area contributed by atoms with E-state index in [2.05, 4.69) is 53.6 Å². The molecule has 4 aromatic rings. The fraction of sp³-hybridized carbons (Fsp3) is 0.652. The highest BCUT2D eigenvalue weighted by Crippen LogP contribution is 2.65. The van der Waals surface area contributed by atoms with Crippen molar-refractivity contribution in [3.63, 3.8) is 0 Å². The Labute approximate surface area is 742 Å². The van der Waals surface area contributed by atoms with Gasteiger partial charge in [0.25, 0.3) is 23.6 Å². The molecular formula is C92H140BrN9O20S. The minimum Gasteiger partial charge on any atom is -0.508 e. The number of likely N-dealkylation sites (N-methyl/N-ethyl adjacent to an activating group) is 4. The number of ether oxygens (including phenoxy) is 11. The summed E-state index contributed by atoms with van der Waals surface area (Å²) in [4.78, 5) is 92.8. The molecule has 4 saturated carbocycles. The van der Waals surface area contributed by atoms with E-state index in [9.17, 15) is 33.9 Å². The van der Waals surface area contributed by atoms with Crippen LogP contribution in [-0.4, -0.2) is 243 Å². The molecule has 0 bridgehead atoms. The normalized spacial score (nSPS) is 29.3. The van der Waals surface area contributed by atoms with E-state index in [4.69, 9.17) is 75.6 Å². The predicted molar refractivity (Wildman–Crippen MR) is 479 cm³/mol. The Morgan fingerprint density at radius 1 is 0.439 bits per heavy atom. The Bertz CT molecular complexity index is 4210. The van der Waals surface area contributed by atoms with E-state index < -0.39 is 27.8 Å². The summed E-state index contributed by atoms with van der Waals surface area (Å²) in [5, 5.41) is 28.8. The number of nitrogens with one attached hydrogen (secondary N) is 3. The minimum absolute atomic E-state index is 0. The van der Waals surface area contributed by atoms with E-state index in [1.807, 2.05) is 48.5 Å². The number of urea groups is 2. The number of methoxy groups -OCH3 is 8. The van der Waals surface area contributed by atoms with Crippen molar-refractivity contribution in [2.75, 3.05) is 137 Å². The number of phenols is 1. The summed E-state index contributed by atoms with van der Waals surface area (Å²) >= 11 is 8.68. The monoisotopic (exact) mass is 1800 g/mol. The van der Waals surface area contributed by atoms with E-state index in [0.29, 0.717) is 50.5 Å². The molecule has 4 atom stereocenters. The first kappa shape index (κ1) is 102. The number of nitrogens with two attached hydrogens (primary N) is 1. The van der Waals surface area contributed by atoms with Gasteiger partial charge in [-0.3, -0.25) is 44.0 Å². The number of carbonyl (C=O) groups excluding carboxylic acids is 6. The van der Waals surface area contributed by atoms with Crippen LogP contribution in [0.2, 0.25) is 0 Å². The molecule has 12 aliphatic rings. The molecule has 31 heteroatoms. The number of hydrogen-bond acceptors (Lipinski definition) is 23. The van der Waals surface area contributed by atoms with Gasteiger partial charge in [0.05, 0.1) is 56.4 Å². The van der Waals surface area contributed by atoms with E-state index >= 15 is 0 Å². The van der Waals surface area contributed by atoms with Gasteiger partial charge in [-0.2, -0.15) is 0 Å². The van der Waals surface area contributed by atoms with Gasteiger partial charge >= 0.3 is 12.1 Å². The van der Waals surface area contributed by atoms with E-state index in [-0.39, 0.29) is 123 Å². The summed E-state index contributed by atoms with van der Waals surface area (Å²) < 4.78 is 59.5. The predicted octanol–water partition coefficient (Wildman–Crippen LogP) is 13.2. The van der Waals surface area contributed by atoms with E-state index in [1.54, 1.807) is 116 Å². The molecule has 8 amide bonds. The lowest BCUT2D eigenvalue weighted by Crippen LogP contribution is -2.56. The maximum absolute atomic E-state index is 13.6. The van der Waals surface area contributed by atoms with Crippen molar-refractivity contribution in [1.82, 2.24) is 35.6 Å². The number of hydrogen-bond donors (Lipinski definition) is 6. The van der Waals surface area contributed by atoms with Crippen LogP contribution in [0.5, 0.6) is 23.0 Å². The lowest BCUT2D eigenvalue weighted by molar-refractivity contribution is -0.306. The summed E-state index contributed by atoms with van der Waals surface area (Å²) in [7, 11) is 20.1. The molecule has 3 saturated heterocycles. The maximum Gasteiger partial charge on any atom is 0.325 e. The van der Waals surface area contributed by atoms with Crippen molar-refractivity contribution in [3.8, 4) is 23.0 Å². The fourth-order valence-corrected chi connectivity index (χ4v) is 21.4. The number of thiocarbonyl (C=S) groups is 1. The van der Waals surface area contributed by atoms with Crippen LogP contribution in [0.3, 0.4) is 0 Å². The molecule has 0 radical (unpaired) electrons.